The Morgan fingerprint density at radius 3 is 2.07 bits per heavy atom. The van der Waals surface area contributed by atoms with Gasteiger partial charge in [0, 0.05) is 12.1 Å². The number of benzene rings is 3. The summed E-state index contributed by atoms with van der Waals surface area (Å²) in [4.78, 5) is 4.88. The van der Waals surface area contributed by atoms with E-state index in [1.807, 2.05) is 42.5 Å². The summed E-state index contributed by atoms with van der Waals surface area (Å²) < 4.78 is 18.6. The minimum Gasteiger partial charge on any atom is -0.497 e. The van der Waals surface area contributed by atoms with Crippen molar-refractivity contribution in [2.75, 3.05) is 20.8 Å². The smallest absolute Gasteiger partial charge is 0.141 e. The van der Waals surface area contributed by atoms with Crippen molar-refractivity contribution in [1.29, 1.82) is 0 Å². The van der Waals surface area contributed by atoms with Gasteiger partial charge in [-0.25, -0.2) is 4.98 Å². The third kappa shape index (κ3) is 4.40. The number of unbranched alkanes of at least 4 members (excludes halogenated alkanes) is 1. The van der Waals surface area contributed by atoms with Crippen LogP contribution in [0.5, 0.6) is 17.2 Å². The van der Waals surface area contributed by atoms with Gasteiger partial charge in [-0.2, -0.15) is 0 Å². The van der Waals surface area contributed by atoms with Gasteiger partial charge in [0.05, 0.1) is 31.9 Å². The van der Waals surface area contributed by atoms with Gasteiger partial charge >= 0.3 is 0 Å². The highest BCUT2D eigenvalue weighted by Crippen LogP contribution is 2.27. The third-order valence-electron chi connectivity index (χ3n) is 5.11. The minimum absolute atomic E-state index is 0.677. The zero-order valence-electron chi connectivity index (χ0n) is 17.4. The Labute approximate surface area is 176 Å². The summed E-state index contributed by atoms with van der Waals surface area (Å²) in [5.41, 5.74) is 3.25. The molecule has 0 unspecified atom stereocenters. The second-order valence-electron chi connectivity index (χ2n) is 7.04. The van der Waals surface area contributed by atoms with E-state index in [1.54, 1.807) is 14.2 Å². The van der Waals surface area contributed by atoms with E-state index in [-0.39, 0.29) is 0 Å². The van der Waals surface area contributed by atoms with Crippen molar-refractivity contribution in [3.05, 3.63) is 72.8 Å². The van der Waals surface area contributed by atoms with Gasteiger partial charge in [0.15, 0.2) is 0 Å². The molecule has 154 valence electrons. The Balaban J connectivity index is 1.43. The van der Waals surface area contributed by atoms with Gasteiger partial charge in [0.2, 0.25) is 0 Å². The molecule has 0 N–H and O–H groups in total. The van der Waals surface area contributed by atoms with Crippen molar-refractivity contribution in [3.63, 3.8) is 0 Å². The van der Waals surface area contributed by atoms with Crippen molar-refractivity contribution in [2.45, 2.75) is 19.4 Å². The Bertz CT molecular complexity index is 1090. The lowest BCUT2D eigenvalue weighted by atomic mass is 10.2. The number of rotatable bonds is 9. The molecule has 30 heavy (non-hydrogen) atoms. The summed E-state index contributed by atoms with van der Waals surface area (Å²) in [6.45, 7) is 1.56. The second-order valence-corrected chi connectivity index (χ2v) is 7.04. The first kappa shape index (κ1) is 19.8. The van der Waals surface area contributed by atoms with Crippen molar-refractivity contribution >= 4 is 11.0 Å². The molecule has 0 aliphatic heterocycles. The number of ether oxygens (including phenoxy) is 3. The molecule has 0 bridgehead atoms. The number of hydrogen-bond donors (Lipinski definition) is 0. The van der Waals surface area contributed by atoms with Crippen molar-refractivity contribution in [1.82, 2.24) is 9.55 Å². The van der Waals surface area contributed by atoms with Crippen LogP contribution in [0.1, 0.15) is 12.8 Å². The van der Waals surface area contributed by atoms with Crippen molar-refractivity contribution in [2.24, 2.45) is 0 Å². The maximum absolute atomic E-state index is 5.86. The second kappa shape index (κ2) is 9.35. The van der Waals surface area contributed by atoms with Gasteiger partial charge in [0.25, 0.3) is 0 Å². The normalized spacial score (nSPS) is 10.9. The lowest BCUT2D eigenvalue weighted by molar-refractivity contribution is 0.303. The number of imidazole rings is 1. The summed E-state index contributed by atoms with van der Waals surface area (Å²) >= 11 is 0. The molecule has 3 aromatic carbocycles. The molecule has 5 nitrogen and oxygen atoms in total. The van der Waals surface area contributed by atoms with Crippen LogP contribution in [0.15, 0.2) is 72.8 Å². The maximum atomic E-state index is 5.86. The zero-order valence-corrected chi connectivity index (χ0v) is 17.4. The lowest BCUT2D eigenvalue weighted by Crippen LogP contribution is -2.04. The summed E-state index contributed by atoms with van der Waals surface area (Å²) in [5, 5.41) is 0. The number of methoxy groups -OCH3 is 2. The maximum Gasteiger partial charge on any atom is 0.141 e. The number of hydrogen-bond acceptors (Lipinski definition) is 4. The molecule has 4 aromatic rings. The quantitative estimate of drug-likeness (QED) is 0.343. The Morgan fingerprint density at radius 2 is 1.37 bits per heavy atom. The Kier molecular flexibility index (Phi) is 6.18. The number of aromatic nitrogens is 2. The molecule has 0 saturated heterocycles. The van der Waals surface area contributed by atoms with E-state index in [0.29, 0.717) is 6.61 Å². The SMILES string of the molecule is COc1ccc(OCCCCn2c(-c3ccc(OC)cc3)nc3ccccc32)cc1. The molecule has 0 radical (unpaired) electrons. The number of fused-ring (bicyclic) bond motifs is 1. The van der Waals surface area contributed by atoms with E-state index in [0.717, 1.165) is 59.1 Å². The van der Waals surface area contributed by atoms with Crippen molar-refractivity contribution in [3.8, 4) is 28.6 Å². The van der Waals surface area contributed by atoms with Crippen molar-refractivity contribution < 1.29 is 14.2 Å². The summed E-state index contributed by atoms with van der Waals surface area (Å²) in [6, 6.07) is 24.0. The van der Waals surface area contributed by atoms with Gasteiger partial charge in [-0.3, -0.25) is 0 Å². The van der Waals surface area contributed by atoms with Gasteiger partial charge in [-0.1, -0.05) is 12.1 Å². The molecule has 0 aliphatic carbocycles. The van der Waals surface area contributed by atoms with Crippen LogP contribution in [0.2, 0.25) is 0 Å². The van der Waals surface area contributed by atoms with Crippen LogP contribution >= 0.6 is 0 Å². The highest BCUT2D eigenvalue weighted by molar-refractivity contribution is 5.80. The molecule has 0 spiro atoms. The fraction of sp³-hybridized carbons (Fsp3) is 0.240. The van der Waals surface area contributed by atoms with Gasteiger partial charge in [-0.05, 0) is 73.5 Å². The first-order valence-corrected chi connectivity index (χ1v) is 10.1. The molecule has 4 rings (SSSR count). The van der Waals surface area contributed by atoms with Gasteiger partial charge in [0.1, 0.15) is 23.1 Å². The van der Waals surface area contributed by atoms with E-state index >= 15 is 0 Å². The van der Waals surface area contributed by atoms with Crippen LogP contribution < -0.4 is 14.2 Å². The number of aryl methyl sites for hydroxylation is 1. The molecule has 5 heteroatoms. The summed E-state index contributed by atoms with van der Waals surface area (Å²) in [7, 11) is 3.34. The van der Waals surface area contributed by atoms with E-state index < -0.39 is 0 Å². The molecule has 0 aliphatic rings. The number of nitrogens with zero attached hydrogens (tertiary/aromatic N) is 2. The predicted octanol–water partition coefficient (Wildman–Crippen LogP) is 5.58. The highest BCUT2D eigenvalue weighted by Gasteiger charge is 2.12. The predicted molar refractivity (Wildman–Crippen MR) is 119 cm³/mol. The lowest BCUT2D eigenvalue weighted by Gasteiger charge is -2.11. The monoisotopic (exact) mass is 402 g/mol. The molecule has 1 aromatic heterocycles. The van der Waals surface area contributed by atoms with Gasteiger partial charge in [-0.15, -0.1) is 0 Å². The highest BCUT2D eigenvalue weighted by atomic mass is 16.5. The average molecular weight is 402 g/mol. The van der Waals surface area contributed by atoms with E-state index in [1.165, 1.54) is 0 Å². The molecule has 0 amide bonds. The van der Waals surface area contributed by atoms with Crippen LogP contribution in [0.4, 0.5) is 0 Å². The summed E-state index contributed by atoms with van der Waals surface area (Å²) in [6.07, 6.45) is 1.96. The molecule has 0 atom stereocenters. The van der Waals surface area contributed by atoms with Crippen LogP contribution in [-0.2, 0) is 6.54 Å². The molecular formula is C25H26N2O3. The fourth-order valence-electron chi connectivity index (χ4n) is 3.50. The average Bonchev–Trinajstić information content (AvgIpc) is 3.18. The standard InChI is InChI=1S/C25H26N2O3/c1-28-20-11-9-19(10-12-20)25-26-23-7-3-4-8-24(23)27(25)17-5-6-18-30-22-15-13-21(29-2)14-16-22/h3-4,7-16H,5-6,17-18H2,1-2H3. The van der Waals surface area contributed by atoms with E-state index in [2.05, 4.69) is 34.9 Å². The van der Waals surface area contributed by atoms with Crippen LogP contribution in [-0.4, -0.2) is 30.4 Å². The summed E-state index contributed by atoms with van der Waals surface area (Å²) in [5.74, 6) is 3.52. The van der Waals surface area contributed by atoms with Crippen LogP contribution in [0.25, 0.3) is 22.4 Å². The Hall–Kier alpha value is -3.47. The molecule has 0 saturated carbocycles. The number of para-hydroxylation sites is 2. The molecule has 1 heterocycles. The van der Waals surface area contributed by atoms with E-state index in [4.69, 9.17) is 19.2 Å². The topological polar surface area (TPSA) is 45.5 Å². The first-order valence-electron chi connectivity index (χ1n) is 10.1. The molecule has 0 fully saturated rings. The fourth-order valence-corrected chi connectivity index (χ4v) is 3.50. The van der Waals surface area contributed by atoms with Gasteiger partial charge < -0.3 is 18.8 Å². The zero-order chi connectivity index (χ0) is 20.8. The molecular weight excluding hydrogens is 376 g/mol. The first-order chi connectivity index (χ1) is 14.8. The minimum atomic E-state index is 0.677. The van der Waals surface area contributed by atoms with Crippen LogP contribution in [0.3, 0.4) is 0 Å². The van der Waals surface area contributed by atoms with E-state index in [9.17, 15) is 0 Å². The largest absolute Gasteiger partial charge is 0.497 e. The van der Waals surface area contributed by atoms with Crippen LogP contribution in [0, 0.1) is 0 Å². The third-order valence-corrected chi connectivity index (χ3v) is 5.11. The Morgan fingerprint density at radius 1 is 0.733 bits per heavy atom.